The third-order valence-corrected chi connectivity index (χ3v) is 3.16. The van der Waals surface area contributed by atoms with E-state index in [2.05, 4.69) is 10.3 Å². The zero-order valence-corrected chi connectivity index (χ0v) is 11.2. The third-order valence-electron chi connectivity index (χ3n) is 3.16. The molecule has 1 aromatic heterocycles. The van der Waals surface area contributed by atoms with E-state index in [1.807, 2.05) is 60.7 Å². The van der Waals surface area contributed by atoms with E-state index in [1.165, 1.54) is 4.68 Å². The van der Waals surface area contributed by atoms with Gasteiger partial charge in [0.25, 0.3) is 0 Å². The number of aromatic nitrogens is 3. The minimum absolute atomic E-state index is 0.102. The summed E-state index contributed by atoms with van der Waals surface area (Å²) in [6.45, 7) is 0.377. The van der Waals surface area contributed by atoms with Crippen LogP contribution < -0.4 is 0 Å². The van der Waals surface area contributed by atoms with Gasteiger partial charge in [-0.05, 0) is 5.56 Å². The molecule has 0 aliphatic rings. The molecule has 0 aliphatic heterocycles. The van der Waals surface area contributed by atoms with Crippen LogP contribution in [0.15, 0.2) is 60.7 Å². The van der Waals surface area contributed by atoms with Crippen LogP contribution in [-0.4, -0.2) is 26.1 Å². The summed E-state index contributed by atoms with van der Waals surface area (Å²) < 4.78 is 1.42. The number of carboxylic acid groups (broad SMARTS) is 1. The van der Waals surface area contributed by atoms with Gasteiger partial charge in [-0.15, -0.1) is 5.10 Å². The van der Waals surface area contributed by atoms with Gasteiger partial charge in [-0.25, -0.2) is 9.48 Å². The number of nitrogens with zero attached hydrogens (tertiary/aromatic N) is 3. The minimum atomic E-state index is -1.03. The van der Waals surface area contributed by atoms with Crippen molar-refractivity contribution in [3.63, 3.8) is 0 Å². The van der Waals surface area contributed by atoms with Gasteiger partial charge in [0.1, 0.15) is 5.69 Å². The van der Waals surface area contributed by atoms with E-state index in [9.17, 15) is 9.90 Å². The molecule has 21 heavy (non-hydrogen) atoms. The molecule has 0 radical (unpaired) electrons. The first-order valence-electron chi connectivity index (χ1n) is 6.52. The Balaban J connectivity index is 2.03. The first-order chi connectivity index (χ1) is 10.3. The Morgan fingerprint density at radius 1 is 1.00 bits per heavy atom. The summed E-state index contributed by atoms with van der Waals surface area (Å²) in [4.78, 5) is 11.6. The molecule has 0 fully saturated rings. The maximum absolute atomic E-state index is 11.6. The molecule has 0 saturated heterocycles. The molecule has 1 heterocycles. The van der Waals surface area contributed by atoms with Crippen molar-refractivity contribution < 1.29 is 9.90 Å². The first kappa shape index (κ1) is 13.1. The number of hydrogen-bond acceptors (Lipinski definition) is 3. The van der Waals surface area contributed by atoms with Crippen LogP contribution in [0.1, 0.15) is 16.1 Å². The Morgan fingerprint density at radius 2 is 1.62 bits per heavy atom. The van der Waals surface area contributed by atoms with E-state index < -0.39 is 5.97 Å². The van der Waals surface area contributed by atoms with E-state index >= 15 is 0 Å². The Bertz CT molecular complexity index is 752. The summed E-state index contributed by atoms with van der Waals surface area (Å²) in [7, 11) is 0. The lowest BCUT2D eigenvalue weighted by molar-refractivity contribution is 0.0685. The number of benzene rings is 2. The molecule has 0 spiro atoms. The van der Waals surface area contributed by atoms with E-state index in [0.717, 1.165) is 11.1 Å². The average molecular weight is 279 g/mol. The molecule has 0 unspecified atom stereocenters. The Morgan fingerprint density at radius 3 is 2.24 bits per heavy atom. The van der Waals surface area contributed by atoms with Crippen molar-refractivity contribution in [1.82, 2.24) is 15.0 Å². The van der Waals surface area contributed by atoms with Crippen LogP contribution in [0, 0.1) is 0 Å². The lowest BCUT2D eigenvalue weighted by Crippen LogP contribution is -2.11. The van der Waals surface area contributed by atoms with E-state index in [1.54, 1.807) is 0 Å². The molecule has 0 saturated carbocycles. The largest absolute Gasteiger partial charge is 0.476 e. The Kier molecular flexibility index (Phi) is 3.47. The molecule has 1 N–H and O–H groups in total. The van der Waals surface area contributed by atoms with Gasteiger partial charge in [-0.1, -0.05) is 65.9 Å². The van der Waals surface area contributed by atoms with Crippen molar-refractivity contribution in [2.75, 3.05) is 0 Å². The van der Waals surface area contributed by atoms with Gasteiger partial charge in [0.15, 0.2) is 5.69 Å². The summed E-state index contributed by atoms with van der Waals surface area (Å²) in [6.07, 6.45) is 0. The van der Waals surface area contributed by atoms with Crippen molar-refractivity contribution in [2.24, 2.45) is 0 Å². The molecule has 5 nitrogen and oxygen atoms in total. The lowest BCUT2D eigenvalue weighted by Gasteiger charge is -2.04. The molecule has 3 aromatic rings. The molecule has 5 heteroatoms. The average Bonchev–Trinajstić information content (AvgIpc) is 2.93. The van der Waals surface area contributed by atoms with Crippen molar-refractivity contribution in [2.45, 2.75) is 6.54 Å². The van der Waals surface area contributed by atoms with E-state index in [0.29, 0.717) is 12.2 Å². The van der Waals surface area contributed by atoms with Crippen LogP contribution in [0.3, 0.4) is 0 Å². The van der Waals surface area contributed by atoms with Gasteiger partial charge < -0.3 is 5.11 Å². The number of aromatic carboxylic acids is 1. The second-order valence-electron chi connectivity index (χ2n) is 4.60. The highest BCUT2D eigenvalue weighted by molar-refractivity contribution is 5.92. The fraction of sp³-hybridized carbons (Fsp3) is 0.0625. The molecule has 104 valence electrons. The highest BCUT2D eigenvalue weighted by atomic mass is 16.4. The summed E-state index contributed by atoms with van der Waals surface area (Å²) >= 11 is 0. The van der Waals surface area contributed by atoms with E-state index in [4.69, 9.17) is 0 Å². The number of hydrogen-bond donors (Lipinski definition) is 1. The maximum Gasteiger partial charge on any atom is 0.356 e. The zero-order chi connectivity index (χ0) is 14.7. The summed E-state index contributed by atoms with van der Waals surface area (Å²) in [5, 5.41) is 17.5. The van der Waals surface area contributed by atoms with Crippen LogP contribution in [0.5, 0.6) is 0 Å². The predicted molar refractivity (Wildman–Crippen MR) is 78.0 cm³/mol. The highest BCUT2D eigenvalue weighted by Crippen LogP contribution is 2.21. The highest BCUT2D eigenvalue weighted by Gasteiger charge is 2.20. The van der Waals surface area contributed by atoms with Crippen LogP contribution >= 0.6 is 0 Å². The predicted octanol–water partition coefficient (Wildman–Crippen LogP) is 2.69. The molecule has 0 amide bonds. The first-order valence-corrected chi connectivity index (χ1v) is 6.52. The molecule has 0 atom stereocenters. The maximum atomic E-state index is 11.6. The van der Waals surface area contributed by atoms with Crippen LogP contribution in [0.2, 0.25) is 0 Å². The van der Waals surface area contributed by atoms with Gasteiger partial charge in [0.2, 0.25) is 0 Å². The molecule has 0 aliphatic carbocycles. The van der Waals surface area contributed by atoms with E-state index in [-0.39, 0.29) is 5.69 Å². The summed E-state index contributed by atoms with van der Waals surface area (Å²) in [6, 6.07) is 18.8. The van der Waals surface area contributed by atoms with Crippen LogP contribution in [0.25, 0.3) is 11.3 Å². The topological polar surface area (TPSA) is 68.0 Å². The SMILES string of the molecule is O=C(O)c1c(-c2ccccc2)nnn1Cc1ccccc1. The van der Waals surface area contributed by atoms with Crippen LogP contribution in [-0.2, 0) is 6.54 Å². The van der Waals surface area contributed by atoms with Gasteiger partial charge >= 0.3 is 5.97 Å². The number of carboxylic acids is 1. The lowest BCUT2D eigenvalue weighted by atomic mass is 10.1. The standard InChI is InChI=1S/C16H13N3O2/c20-16(21)15-14(13-9-5-2-6-10-13)17-18-19(15)11-12-7-3-1-4-8-12/h1-10H,11H2,(H,20,21). The van der Waals surface area contributed by atoms with Gasteiger partial charge in [0.05, 0.1) is 6.54 Å². The van der Waals surface area contributed by atoms with Crippen molar-refractivity contribution in [3.05, 3.63) is 71.9 Å². The molecular weight excluding hydrogens is 266 g/mol. The minimum Gasteiger partial charge on any atom is -0.476 e. The number of carbonyl (C=O) groups is 1. The fourth-order valence-corrected chi connectivity index (χ4v) is 2.18. The summed E-state index contributed by atoms with van der Waals surface area (Å²) in [5.74, 6) is -1.03. The second kappa shape index (κ2) is 5.58. The van der Waals surface area contributed by atoms with Crippen molar-refractivity contribution >= 4 is 5.97 Å². The quantitative estimate of drug-likeness (QED) is 0.797. The molecule has 3 rings (SSSR count). The Hall–Kier alpha value is -2.95. The number of rotatable bonds is 4. The molecule has 2 aromatic carbocycles. The zero-order valence-electron chi connectivity index (χ0n) is 11.2. The van der Waals surface area contributed by atoms with Crippen LogP contribution in [0.4, 0.5) is 0 Å². The van der Waals surface area contributed by atoms with Crippen molar-refractivity contribution in [3.8, 4) is 11.3 Å². The third kappa shape index (κ3) is 2.67. The molecular formula is C16H13N3O2. The smallest absolute Gasteiger partial charge is 0.356 e. The Labute approximate surface area is 121 Å². The van der Waals surface area contributed by atoms with Gasteiger partial charge in [-0.2, -0.15) is 0 Å². The van der Waals surface area contributed by atoms with Gasteiger partial charge in [0, 0.05) is 5.56 Å². The second-order valence-corrected chi connectivity index (χ2v) is 4.60. The fourth-order valence-electron chi connectivity index (χ4n) is 2.18. The monoisotopic (exact) mass is 279 g/mol. The molecule has 0 bridgehead atoms. The van der Waals surface area contributed by atoms with Crippen molar-refractivity contribution in [1.29, 1.82) is 0 Å². The normalized spacial score (nSPS) is 10.5. The summed E-state index contributed by atoms with van der Waals surface area (Å²) in [5.41, 5.74) is 2.21. The van der Waals surface area contributed by atoms with Gasteiger partial charge in [-0.3, -0.25) is 0 Å².